The van der Waals surface area contributed by atoms with Gasteiger partial charge in [0.05, 0.1) is 5.56 Å². The van der Waals surface area contributed by atoms with Crippen molar-refractivity contribution >= 4 is 23.3 Å². The van der Waals surface area contributed by atoms with Gasteiger partial charge in [-0.05, 0) is 30.3 Å². The third-order valence-corrected chi connectivity index (χ3v) is 4.83. The Hall–Kier alpha value is -2.19. The largest absolute Gasteiger partial charge is 0.472 e. The second kappa shape index (κ2) is 7.14. The second-order valence-electron chi connectivity index (χ2n) is 5.17. The van der Waals surface area contributed by atoms with Crippen molar-refractivity contribution in [1.29, 1.82) is 0 Å². The Morgan fingerprint density at radius 2 is 2.04 bits per heavy atom. The van der Waals surface area contributed by atoms with Crippen LogP contribution in [-0.2, 0) is 13.7 Å². The van der Waals surface area contributed by atoms with Crippen molar-refractivity contribution < 1.29 is 4.74 Å². The zero-order chi connectivity index (χ0) is 17.1. The van der Waals surface area contributed by atoms with Crippen molar-refractivity contribution in [2.45, 2.75) is 18.7 Å². The highest BCUT2D eigenvalue weighted by atomic mass is 32.2. The second-order valence-corrected chi connectivity index (χ2v) is 6.55. The summed E-state index contributed by atoms with van der Waals surface area (Å²) in [6, 6.07) is 7.90. The summed E-state index contributed by atoms with van der Waals surface area (Å²) in [6.45, 7) is 2.08. The zero-order valence-electron chi connectivity index (χ0n) is 13.5. The molecule has 0 unspecified atom stereocenters. The third kappa shape index (κ3) is 3.34. The van der Waals surface area contributed by atoms with E-state index in [0.29, 0.717) is 23.2 Å². The van der Waals surface area contributed by atoms with E-state index >= 15 is 0 Å². The van der Waals surface area contributed by atoms with Crippen LogP contribution in [0.2, 0.25) is 0 Å². The first-order chi connectivity index (χ1) is 11.6. The molecular formula is C16H16N4O2S2. The van der Waals surface area contributed by atoms with E-state index in [4.69, 9.17) is 4.74 Å². The van der Waals surface area contributed by atoms with Crippen LogP contribution in [0.4, 0.5) is 0 Å². The summed E-state index contributed by atoms with van der Waals surface area (Å²) in [7, 11) is 1.71. The lowest BCUT2D eigenvalue weighted by atomic mass is 10.1. The maximum atomic E-state index is 12.2. The standard InChI is InChI=1S/C16H16N4O2S2/c1-10-14(17-16(23-3)20(2)15(10)21)22-8-11-4-6-12(7-5-11)13-9-24-19-18-13/h4-7,9H,8H2,1-3H3. The van der Waals surface area contributed by atoms with Gasteiger partial charge in [-0.15, -0.1) is 5.10 Å². The number of thioether (sulfide) groups is 1. The van der Waals surface area contributed by atoms with Crippen LogP contribution in [0, 0.1) is 6.92 Å². The molecule has 1 aromatic carbocycles. The van der Waals surface area contributed by atoms with Crippen molar-refractivity contribution in [1.82, 2.24) is 19.1 Å². The number of hydrogen-bond acceptors (Lipinski definition) is 7. The van der Waals surface area contributed by atoms with Crippen molar-refractivity contribution in [2.24, 2.45) is 7.05 Å². The maximum Gasteiger partial charge on any atom is 0.260 e. The molecule has 0 saturated carbocycles. The number of rotatable bonds is 5. The van der Waals surface area contributed by atoms with Gasteiger partial charge in [-0.1, -0.05) is 40.5 Å². The topological polar surface area (TPSA) is 69.9 Å². The highest BCUT2D eigenvalue weighted by molar-refractivity contribution is 7.98. The van der Waals surface area contributed by atoms with Crippen molar-refractivity contribution in [3.05, 3.63) is 51.1 Å². The van der Waals surface area contributed by atoms with Crippen molar-refractivity contribution in [2.75, 3.05) is 6.26 Å². The van der Waals surface area contributed by atoms with Crippen molar-refractivity contribution in [3.63, 3.8) is 0 Å². The number of nitrogens with zero attached hydrogens (tertiary/aromatic N) is 4. The molecule has 0 atom stereocenters. The summed E-state index contributed by atoms with van der Waals surface area (Å²) in [6.07, 6.45) is 1.88. The fourth-order valence-electron chi connectivity index (χ4n) is 2.21. The molecule has 0 spiro atoms. The number of hydrogen-bond donors (Lipinski definition) is 0. The van der Waals surface area contributed by atoms with E-state index in [0.717, 1.165) is 16.8 Å². The lowest BCUT2D eigenvalue weighted by Crippen LogP contribution is -2.23. The number of ether oxygens (including phenoxy) is 1. The minimum atomic E-state index is -0.0873. The molecule has 0 aliphatic rings. The van der Waals surface area contributed by atoms with Gasteiger partial charge in [0.15, 0.2) is 5.16 Å². The Labute approximate surface area is 147 Å². The molecule has 0 N–H and O–H groups in total. The van der Waals surface area contributed by atoms with E-state index < -0.39 is 0 Å². The molecule has 3 rings (SSSR count). The first-order valence-corrected chi connectivity index (χ1v) is 9.27. The van der Waals surface area contributed by atoms with Gasteiger partial charge < -0.3 is 4.74 Å². The van der Waals surface area contributed by atoms with E-state index in [1.54, 1.807) is 14.0 Å². The third-order valence-electron chi connectivity index (χ3n) is 3.60. The minimum absolute atomic E-state index is 0.0873. The fourth-order valence-corrected chi connectivity index (χ4v) is 3.21. The van der Waals surface area contributed by atoms with E-state index in [-0.39, 0.29) is 5.56 Å². The van der Waals surface area contributed by atoms with Crippen LogP contribution in [0.25, 0.3) is 11.3 Å². The van der Waals surface area contributed by atoms with Gasteiger partial charge in [0.25, 0.3) is 5.56 Å². The van der Waals surface area contributed by atoms with Gasteiger partial charge in [-0.2, -0.15) is 4.98 Å². The van der Waals surface area contributed by atoms with E-state index in [1.165, 1.54) is 27.9 Å². The summed E-state index contributed by atoms with van der Waals surface area (Å²) < 4.78 is 11.2. The molecule has 0 bridgehead atoms. The van der Waals surface area contributed by atoms with E-state index in [9.17, 15) is 4.79 Å². The van der Waals surface area contributed by atoms with Crippen LogP contribution in [0.3, 0.4) is 0 Å². The highest BCUT2D eigenvalue weighted by Crippen LogP contribution is 2.20. The molecule has 6 nitrogen and oxygen atoms in total. The van der Waals surface area contributed by atoms with Crippen molar-refractivity contribution in [3.8, 4) is 17.1 Å². The molecule has 8 heteroatoms. The summed E-state index contributed by atoms with van der Waals surface area (Å²) in [5, 5.41) is 6.58. The lowest BCUT2D eigenvalue weighted by molar-refractivity contribution is 0.285. The Kier molecular flexibility index (Phi) is 4.96. The quantitative estimate of drug-likeness (QED) is 0.515. The molecular weight excluding hydrogens is 344 g/mol. The Morgan fingerprint density at radius 1 is 1.29 bits per heavy atom. The van der Waals surface area contributed by atoms with Crippen LogP contribution in [-0.4, -0.2) is 25.4 Å². The molecule has 2 aromatic heterocycles. The molecule has 124 valence electrons. The predicted octanol–water partition coefficient (Wildman–Crippen LogP) is 2.91. The van der Waals surface area contributed by atoms with Crippen LogP contribution >= 0.6 is 23.3 Å². The molecule has 2 heterocycles. The van der Waals surface area contributed by atoms with Crippen LogP contribution in [0.1, 0.15) is 11.1 Å². The summed E-state index contributed by atoms with van der Waals surface area (Å²) >= 11 is 2.74. The average molecular weight is 360 g/mol. The van der Waals surface area contributed by atoms with Gasteiger partial charge in [-0.25, -0.2) is 0 Å². The predicted molar refractivity (Wildman–Crippen MR) is 95.7 cm³/mol. The lowest BCUT2D eigenvalue weighted by Gasteiger charge is -2.12. The minimum Gasteiger partial charge on any atom is -0.472 e. The number of aromatic nitrogens is 4. The van der Waals surface area contributed by atoms with Crippen LogP contribution in [0.5, 0.6) is 5.88 Å². The molecule has 0 saturated heterocycles. The van der Waals surface area contributed by atoms with Crippen LogP contribution in [0.15, 0.2) is 39.6 Å². The van der Waals surface area contributed by atoms with Gasteiger partial charge in [0, 0.05) is 18.0 Å². The molecule has 0 aliphatic carbocycles. The Morgan fingerprint density at radius 3 is 2.67 bits per heavy atom. The fraction of sp³-hybridized carbons (Fsp3) is 0.250. The van der Waals surface area contributed by atoms with Gasteiger partial charge in [0.1, 0.15) is 12.3 Å². The summed E-state index contributed by atoms with van der Waals surface area (Å²) in [5.41, 5.74) is 3.30. The molecule has 24 heavy (non-hydrogen) atoms. The molecule has 3 aromatic rings. The van der Waals surface area contributed by atoms with Crippen LogP contribution < -0.4 is 10.3 Å². The highest BCUT2D eigenvalue weighted by Gasteiger charge is 2.12. The smallest absolute Gasteiger partial charge is 0.260 e. The maximum absolute atomic E-state index is 12.2. The normalized spacial score (nSPS) is 10.8. The zero-order valence-corrected chi connectivity index (χ0v) is 15.1. The first kappa shape index (κ1) is 16.7. The Balaban J connectivity index is 1.76. The number of benzene rings is 1. The van der Waals surface area contributed by atoms with Gasteiger partial charge in [0.2, 0.25) is 5.88 Å². The SMILES string of the molecule is CSc1nc(OCc2ccc(-c3csnn3)cc2)c(C)c(=O)n1C. The molecule has 0 fully saturated rings. The van der Waals surface area contributed by atoms with Gasteiger partial charge >= 0.3 is 0 Å². The van der Waals surface area contributed by atoms with E-state index in [2.05, 4.69) is 14.6 Å². The first-order valence-electron chi connectivity index (χ1n) is 7.21. The molecule has 0 aliphatic heterocycles. The monoisotopic (exact) mass is 360 g/mol. The van der Waals surface area contributed by atoms with Gasteiger partial charge in [-0.3, -0.25) is 9.36 Å². The molecule has 0 radical (unpaired) electrons. The van der Waals surface area contributed by atoms with E-state index in [1.807, 2.05) is 35.9 Å². The Bertz CT molecular complexity index is 890. The average Bonchev–Trinajstić information content (AvgIpc) is 3.14. The molecule has 0 amide bonds. The summed E-state index contributed by atoms with van der Waals surface area (Å²) in [5.74, 6) is 0.384. The summed E-state index contributed by atoms with van der Waals surface area (Å²) in [4.78, 5) is 16.6.